The van der Waals surface area contributed by atoms with E-state index < -0.39 is 5.97 Å². The largest absolute Gasteiger partial charge is 0.455 e. The van der Waals surface area contributed by atoms with Crippen LogP contribution in [0.5, 0.6) is 0 Å². The lowest BCUT2D eigenvalue weighted by Crippen LogP contribution is -2.21. The highest BCUT2D eigenvalue weighted by molar-refractivity contribution is 8.00. The summed E-state index contributed by atoms with van der Waals surface area (Å²) in [6, 6.07) is 14.8. The fourth-order valence-electron chi connectivity index (χ4n) is 1.95. The molecule has 2 aromatic rings. The van der Waals surface area contributed by atoms with E-state index in [-0.39, 0.29) is 18.3 Å². The molecule has 126 valence electrons. The van der Waals surface area contributed by atoms with Gasteiger partial charge in [0.2, 0.25) is 0 Å². The second kappa shape index (κ2) is 9.35. The quantitative estimate of drug-likeness (QED) is 0.592. The van der Waals surface area contributed by atoms with Crippen molar-refractivity contribution in [3.63, 3.8) is 0 Å². The molecule has 0 saturated heterocycles. The zero-order valence-electron chi connectivity index (χ0n) is 13.3. The number of benzene rings is 2. The minimum atomic E-state index is -0.461. The summed E-state index contributed by atoms with van der Waals surface area (Å²) in [5, 5.41) is 3.30. The van der Waals surface area contributed by atoms with Crippen LogP contribution in [0.2, 0.25) is 5.02 Å². The Labute approximate surface area is 150 Å². The van der Waals surface area contributed by atoms with Gasteiger partial charge >= 0.3 is 5.97 Å². The number of carbonyl (C=O) groups is 2. The molecule has 0 fully saturated rings. The Balaban J connectivity index is 1.75. The van der Waals surface area contributed by atoms with Crippen molar-refractivity contribution >= 4 is 40.9 Å². The topological polar surface area (TPSA) is 55.4 Å². The molecule has 1 amide bonds. The van der Waals surface area contributed by atoms with E-state index in [2.05, 4.69) is 5.32 Å². The van der Waals surface area contributed by atoms with Crippen molar-refractivity contribution in [1.29, 1.82) is 0 Å². The number of hydrogen-bond donors (Lipinski definition) is 1. The molecule has 0 saturated carbocycles. The average Bonchev–Trinajstić information content (AvgIpc) is 2.59. The smallest absolute Gasteiger partial charge is 0.316 e. The number of anilines is 1. The first-order chi connectivity index (χ1) is 11.6. The minimum absolute atomic E-state index is 0.0995. The number of nitrogens with one attached hydrogen (secondary N) is 1. The van der Waals surface area contributed by atoms with Gasteiger partial charge in [0.15, 0.2) is 6.61 Å². The summed E-state index contributed by atoms with van der Waals surface area (Å²) >= 11 is 7.29. The van der Waals surface area contributed by atoms with E-state index in [1.54, 1.807) is 12.1 Å². The lowest BCUT2D eigenvalue weighted by Gasteiger charge is -2.08. The van der Waals surface area contributed by atoms with E-state index in [4.69, 9.17) is 16.3 Å². The van der Waals surface area contributed by atoms with Crippen molar-refractivity contribution in [2.45, 2.75) is 18.2 Å². The van der Waals surface area contributed by atoms with Crippen LogP contribution in [0, 0.1) is 0 Å². The fraction of sp³-hybridized carbons (Fsp3) is 0.222. The maximum Gasteiger partial charge on any atom is 0.316 e. The molecular formula is C18H18ClNO3S. The highest BCUT2D eigenvalue weighted by Gasteiger charge is 2.10. The van der Waals surface area contributed by atoms with Gasteiger partial charge in [0.25, 0.3) is 5.91 Å². The second-order valence-corrected chi connectivity index (χ2v) is 6.41. The minimum Gasteiger partial charge on any atom is -0.455 e. The summed E-state index contributed by atoms with van der Waals surface area (Å²) in [5.74, 6) is -0.723. The zero-order valence-corrected chi connectivity index (χ0v) is 14.8. The Bertz CT molecular complexity index is 721. The Morgan fingerprint density at radius 1 is 1.17 bits per heavy atom. The van der Waals surface area contributed by atoms with Crippen molar-refractivity contribution in [1.82, 2.24) is 0 Å². The molecule has 2 rings (SSSR count). The molecule has 1 N–H and O–H groups in total. The van der Waals surface area contributed by atoms with Gasteiger partial charge < -0.3 is 10.1 Å². The van der Waals surface area contributed by atoms with Crippen LogP contribution in [0.1, 0.15) is 12.5 Å². The summed E-state index contributed by atoms with van der Waals surface area (Å²) in [7, 11) is 0. The normalized spacial score (nSPS) is 10.2. The maximum atomic E-state index is 11.8. The van der Waals surface area contributed by atoms with E-state index >= 15 is 0 Å². The predicted octanol–water partition coefficient (Wildman–Crippen LogP) is 4.18. The van der Waals surface area contributed by atoms with Crippen molar-refractivity contribution in [3.05, 3.63) is 59.1 Å². The lowest BCUT2D eigenvalue weighted by molar-refractivity contribution is -0.144. The summed E-state index contributed by atoms with van der Waals surface area (Å²) in [5.41, 5.74) is 1.82. The van der Waals surface area contributed by atoms with E-state index in [1.165, 1.54) is 11.8 Å². The van der Waals surface area contributed by atoms with Gasteiger partial charge in [-0.1, -0.05) is 42.8 Å². The zero-order chi connectivity index (χ0) is 17.4. The predicted molar refractivity (Wildman–Crippen MR) is 97.6 cm³/mol. The number of ether oxygens (including phenoxy) is 1. The number of hydrogen-bond acceptors (Lipinski definition) is 4. The molecule has 6 heteroatoms. The third-order valence-corrected chi connectivity index (χ3v) is 4.65. The summed E-state index contributed by atoms with van der Waals surface area (Å²) in [4.78, 5) is 24.4. The van der Waals surface area contributed by atoms with Crippen LogP contribution in [0.4, 0.5) is 5.69 Å². The Kier molecular flexibility index (Phi) is 7.15. The molecule has 0 spiro atoms. The molecule has 0 aliphatic carbocycles. The first-order valence-corrected chi connectivity index (χ1v) is 8.86. The van der Waals surface area contributed by atoms with Crippen LogP contribution < -0.4 is 5.32 Å². The van der Waals surface area contributed by atoms with Gasteiger partial charge in [-0.2, -0.15) is 0 Å². The molecular weight excluding hydrogens is 346 g/mol. The standard InChI is InChI=1S/C18H18ClNO3S/c1-2-13-6-5-7-14(10-13)20-17(21)11-23-18(22)12-24-16-9-4-3-8-15(16)19/h3-10H,2,11-12H2,1H3,(H,20,21). The van der Waals surface area contributed by atoms with Gasteiger partial charge in [-0.05, 0) is 36.2 Å². The first-order valence-electron chi connectivity index (χ1n) is 7.50. The van der Waals surface area contributed by atoms with Gasteiger partial charge in [-0.25, -0.2) is 0 Å². The van der Waals surface area contributed by atoms with Crippen molar-refractivity contribution in [3.8, 4) is 0 Å². The Morgan fingerprint density at radius 3 is 2.71 bits per heavy atom. The third-order valence-electron chi connectivity index (χ3n) is 3.17. The van der Waals surface area contributed by atoms with Crippen LogP contribution in [-0.2, 0) is 20.7 Å². The maximum absolute atomic E-state index is 11.8. The number of aryl methyl sites for hydroxylation is 1. The van der Waals surface area contributed by atoms with E-state index in [9.17, 15) is 9.59 Å². The van der Waals surface area contributed by atoms with Gasteiger partial charge in [0.05, 0.1) is 10.8 Å². The molecule has 0 heterocycles. The molecule has 0 unspecified atom stereocenters. The number of halogens is 1. The number of amides is 1. The molecule has 0 aliphatic rings. The molecule has 0 aliphatic heterocycles. The summed E-state index contributed by atoms with van der Waals surface area (Å²) in [6.45, 7) is 1.73. The van der Waals surface area contributed by atoms with Crippen molar-refractivity contribution in [2.75, 3.05) is 17.7 Å². The van der Waals surface area contributed by atoms with Gasteiger partial charge in [0, 0.05) is 10.6 Å². The molecule has 4 nitrogen and oxygen atoms in total. The fourth-order valence-corrected chi connectivity index (χ4v) is 2.99. The van der Waals surface area contributed by atoms with Crippen LogP contribution in [0.15, 0.2) is 53.4 Å². The first kappa shape index (κ1) is 18.4. The third kappa shape index (κ3) is 5.91. The second-order valence-electron chi connectivity index (χ2n) is 4.98. The molecule has 24 heavy (non-hydrogen) atoms. The molecule has 0 aromatic heterocycles. The molecule has 0 radical (unpaired) electrons. The van der Waals surface area contributed by atoms with Gasteiger partial charge in [0.1, 0.15) is 0 Å². The Hall–Kier alpha value is -1.98. The van der Waals surface area contributed by atoms with Gasteiger partial charge in [-0.3, -0.25) is 9.59 Å². The van der Waals surface area contributed by atoms with Crippen LogP contribution >= 0.6 is 23.4 Å². The molecule has 2 aromatic carbocycles. The summed E-state index contributed by atoms with van der Waals surface area (Å²) < 4.78 is 4.98. The molecule has 0 atom stereocenters. The van der Waals surface area contributed by atoms with E-state index in [0.29, 0.717) is 10.7 Å². The summed E-state index contributed by atoms with van der Waals surface area (Å²) in [6.07, 6.45) is 0.887. The van der Waals surface area contributed by atoms with Crippen LogP contribution in [-0.4, -0.2) is 24.2 Å². The monoisotopic (exact) mass is 363 g/mol. The number of thioether (sulfide) groups is 1. The van der Waals surface area contributed by atoms with Crippen molar-refractivity contribution < 1.29 is 14.3 Å². The number of carbonyl (C=O) groups excluding carboxylic acids is 2. The number of esters is 1. The molecule has 0 bridgehead atoms. The SMILES string of the molecule is CCc1cccc(NC(=O)COC(=O)CSc2ccccc2Cl)c1. The Morgan fingerprint density at radius 2 is 1.96 bits per heavy atom. The van der Waals surface area contributed by atoms with Crippen LogP contribution in [0.25, 0.3) is 0 Å². The highest BCUT2D eigenvalue weighted by Crippen LogP contribution is 2.26. The number of rotatable bonds is 7. The highest BCUT2D eigenvalue weighted by atomic mass is 35.5. The average molecular weight is 364 g/mol. The lowest BCUT2D eigenvalue weighted by atomic mass is 10.1. The van der Waals surface area contributed by atoms with Crippen molar-refractivity contribution in [2.24, 2.45) is 0 Å². The van der Waals surface area contributed by atoms with E-state index in [1.807, 2.05) is 43.3 Å². The van der Waals surface area contributed by atoms with Crippen LogP contribution in [0.3, 0.4) is 0 Å². The van der Waals surface area contributed by atoms with Gasteiger partial charge in [-0.15, -0.1) is 11.8 Å². The van der Waals surface area contributed by atoms with E-state index in [0.717, 1.165) is 16.9 Å².